The van der Waals surface area contributed by atoms with Crippen LogP contribution in [0.5, 0.6) is 0 Å². The third kappa shape index (κ3) is 2.52. The van der Waals surface area contributed by atoms with Crippen molar-refractivity contribution in [3.8, 4) is 0 Å². The summed E-state index contributed by atoms with van der Waals surface area (Å²) in [6, 6.07) is -0.500. The molecule has 1 amide bonds. The van der Waals surface area contributed by atoms with Gasteiger partial charge < -0.3 is 4.90 Å². The molecule has 1 fully saturated rings. The maximum absolute atomic E-state index is 12.4. The zero-order valence-corrected chi connectivity index (χ0v) is 12.1. The Bertz CT molecular complexity index is 532. The molecular formula is C13H20N4O3. The molecule has 1 saturated heterocycles. The quantitative estimate of drug-likeness (QED) is 0.626. The highest BCUT2D eigenvalue weighted by Crippen LogP contribution is 2.25. The van der Waals surface area contributed by atoms with Gasteiger partial charge in [-0.1, -0.05) is 0 Å². The summed E-state index contributed by atoms with van der Waals surface area (Å²) in [6.45, 7) is 6.52. The van der Waals surface area contributed by atoms with Crippen molar-refractivity contribution in [3.05, 3.63) is 21.5 Å². The van der Waals surface area contributed by atoms with E-state index in [0.717, 1.165) is 32.4 Å². The van der Waals surface area contributed by atoms with Crippen molar-refractivity contribution in [3.63, 3.8) is 0 Å². The lowest BCUT2D eigenvalue weighted by Crippen LogP contribution is -2.40. The Hall–Kier alpha value is -1.92. The average molecular weight is 280 g/mol. The molecule has 1 aromatic rings. The molecule has 0 spiro atoms. The van der Waals surface area contributed by atoms with Crippen molar-refractivity contribution < 1.29 is 9.72 Å². The van der Waals surface area contributed by atoms with Crippen LogP contribution in [-0.2, 0) is 4.79 Å². The van der Waals surface area contributed by atoms with Gasteiger partial charge in [0, 0.05) is 13.1 Å². The molecule has 0 N–H and O–H groups in total. The van der Waals surface area contributed by atoms with Gasteiger partial charge in [-0.25, -0.2) is 0 Å². The van der Waals surface area contributed by atoms with Crippen molar-refractivity contribution in [2.24, 2.45) is 0 Å². The number of carbonyl (C=O) groups excluding carboxylic acids is 1. The van der Waals surface area contributed by atoms with E-state index in [1.54, 1.807) is 20.8 Å². The van der Waals surface area contributed by atoms with Gasteiger partial charge in [-0.3, -0.25) is 19.6 Å². The number of amides is 1. The summed E-state index contributed by atoms with van der Waals surface area (Å²) in [7, 11) is 0. The Kier molecular flexibility index (Phi) is 4.06. The number of nitrogens with zero attached hydrogens (tertiary/aromatic N) is 4. The molecular weight excluding hydrogens is 260 g/mol. The number of likely N-dealkylation sites (tertiary alicyclic amines) is 1. The third-order valence-corrected chi connectivity index (χ3v) is 3.86. The molecule has 1 aromatic heterocycles. The summed E-state index contributed by atoms with van der Waals surface area (Å²) in [5.41, 5.74) is 0.791. The Balaban J connectivity index is 2.24. The first-order chi connectivity index (χ1) is 9.43. The van der Waals surface area contributed by atoms with Gasteiger partial charge in [0.2, 0.25) is 5.91 Å². The molecule has 1 aliphatic rings. The number of nitro groups is 1. The molecule has 0 unspecified atom stereocenters. The number of aryl methyl sites for hydroxylation is 1. The first kappa shape index (κ1) is 14.5. The zero-order valence-electron chi connectivity index (χ0n) is 12.1. The van der Waals surface area contributed by atoms with Crippen LogP contribution < -0.4 is 0 Å². The van der Waals surface area contributed by atoms with Gasteiger partial charge in [-0.15, -0.1) is 0 Å². The molecule has 0 bridgehead atoms. The summed E-state index contributed by atoms with van der Waals surface area (Å²) >= 11 is 0. The number of piperidine rings is 1. The van der Waals surface area contributed by atoms with Crippen LogP contribution >= 0.6 is 0 Å². The molecule has 0 saturated carbocycles. The summed E-state index contributed by atoms with van der Waals surface area (Å²) in [5, 5.41) is 15.2. The average Bonchev–Trinajstić information content (AvgIpc) is 2.73. The predicted octanol–water partition coefficient (Wildman–Crippen LogP) is 1.98. The van der Waals surface area contributed by atoms with E-state index in [0.29, 0.717) is 11.4 Å². The predicted molar refractivity (Wildman–Crippen MR) is 73.5 cm³/mol. The Morgan fingerprint density at radius 3 is 2.40 bits per heavy atom. The van der Waals surface area contributed by atoms with Crippen molar-refractivity contribution in [2.75, 3.05) is 13.1 Å². The minimum absolute atomic E-state index is 0.00305. The van der Waals surface area contributed by atoms with Gasteiger partial charge in [0.1, 0.15) is 17.4 Å². The maximum atomic E-state index is 12.4. The van der Waals surface area contributed by atoms with Crippen LogP contribution in [0.2, 0.25) is 0 Å². The summed E-state index contributed by atoms with van der Waals surface area (Å²) in [4.78, 5) is 24.8. The van der Waals surface area contributed by atoms with Crippen LogP contribution in [-0.4, -0.2) is 38.6 Å². The Morgan fingerprint density at radius 1 is 1.30 bits per heavy atom. The van der Waals surface area contributed by atoms with Crippen LogP contribution in [0.1, 0.15) is 43.6 Å². The van der Waals surface area contributed by atoms with Crippen molar-refractivity contribution in [2.45, 2.75) is 46.1 Å². The number of carbonyl (C=O) groups is 1. The van der Waals surface area contributed by atoms with Crippen LogP contribution in [0.3, 0.4) is 0 Å². The van der Waals surface area contributed by atoms with E-state index in [-0.39, 0.29) is 11.6 Å². The Labute approximate surface area is 117 Å². The molecule has 7 heteroatoms. The van der Waals surface area contributed by atoms with Gasteiger partial charge in [0.05, 0.1) is 4.92 Å². The van der Waals surface area contributed by atoms with Gasteiger partial charge in [0.15, 0.2) is 0 Å². The van der Waals surface area contributed by atoms with Crippen molar-refractivity contribution in [1.82, 2.24) is 14.7 Å². The second-order valence-electron chi connectivity index (χ2n) is 5.28. The van der Waals surface area contributed by atoms with E-state index in [2.05, 4.69) is 5.10 Å². The highest BCUT2D eigenvalue weighted by Gasteiger charge is 2.29. The molecule has 20 heavy (non-hydrogen) atoms. The molecule has 2 rings (SSSR count). The second-order valence-corrected chi connectivity index (χ2v) is 5.28. The van der Waals surface area contributed by atoms with Gasteiger partial charge in [0.25, 0.3) is 0 Å². The van der Waals surface area contributed by atoms with Crippen LogP contribution in [0.15, 0.2) is 0 Å². The first-order valence-electron chi connectivity index (χ1n) is 6.92. The van der Waals surface area contributed by atoms with Crippen LogP contribution in [0.4, 0.5) is 5.69 Å². The lowest BCUT2D eigenvalue weighted by atomic mass is 10.1. The monoisotopic (exact) mass is 280 g/mol. The molecule has 2 heterocycles. The van der Waals surface area contributed by atoms with Gasteiger partial charge in [-0.2, -0.15) is 5.10 Å². The second kappa shape index (κ2) is 5.60. The van der Waals surface area contributed by atoms with E-state index in [1.807, 2.05) is 4.90 Å². The molecule has 110 valence electrons. The lowest BCUT2D eigenvalue weighted by molar-refractivity contribution is -0.386. The van der Waals surface area contributed by atoms with E-state index in [1.165, 1.54) is 4.68 Å². The molecule has 7 nitrogen and oxygen atoms in total. The number of hydrogen-bond donors (Lipinski definition) is 0. The largest absolute Gasteiger partial charge is 0.341 e. The molecule has 1 aliphatic heterocycles. The van der Waals surface area contributed by atoms with E-state index in [4.69, 9.17) is 0 Å². The molecule has 0 aromatic carbocycles. The number of rotatable bonds is 3. The molecule has 0 aliphatic carbocycles. The molecule has 1 atom stereocenters. The van der Waals surface area contributed by atoms with Crippen molar-refractivity contribution >= 4 is 11.6 Å². The fraction of sp³-hybridized carbons (Fsp3) is 0.692. The SMILES string of the molecule is Cc1nn([C@H](C)C(=O)N2CCCCC2)c(C)c1[N+](=O)[O-]. The third-order valence-electron chi connectivity index (χ3n) is 3.86. The Morgan fingerprint density at radius 2 is 1.90 bits per heavy atom. The summed E-state index contributed by atoms with van der Waals surface area (Å²) in [5.74, 6) is -0.00908. The normalized spacial score (nSPS) is 17.1. The smallest absolute Gasteiger partial charge is 0.312 e. The van der Waals surface area contributed by atoms with E-state index >= 15 is 0 Å². The topological polar surface area (TPSA) is 81.3 Å². The lowest BCUT2D eigenvalue weighted by Gasteiger charge is -2.29. The standard InChI is InChI=1S/C13H20N4O3/c1-9-12(17(19)20)10(2)16(14-9)11(3)13(18)15-7-5-4-6-8-15/h11H,4-8H2,1-3H3/t11-/m1/s1. The first-order valence-corrected chi connectivity index (χ1v) is 6.92. The number of hydrogen-bond acceptors (Lipinski definition) is 4. The van der Waals surface area contributed by atoms with E-state index in [9.17, 15) is 14.9 Å². The summed E-state index contributed by atoms with van der Waals surface area (Å²) < 4.78 is 1.48. The van der Waals surface area contributed by atoms with Gasteiger partial charge >= 0.3 is 5.69 Å². The van der Waals surface area contributed by atoms with E-state index < -0.39 is 11.0 Å². The minimum Gasteiger partial charge on any atom is -0.341 e. The highest BCUT2D eigenvalue weighted by atomic mass is 16.6. The summed E-state index contributed by atoms with van der Waals surface area (Å²) in [6.07, 6.45) is 3.20. The molecule has 0 radical (unpaired) electrons. The number of aromatic nitrogens is 2. The highest BCUT2D eigenvalue weighted by molar-refractivity contribution is 5.80. The fourth-order valence-corrected chi connectivity index (χ4v) is 2.78. The minimum atomic E-state index is -0.500. The maximum Gasteiger partial charge on any atom is 0.312 e. The van der Waals surface area contributed by atoms with Crippen molar-refractivity contribution in [1.29, 1.82) is 0 Å². The van der Waals surface area contributed by atoms with Gasteiger partial charge in [-0.05, 0) is 40.0 Å². The van der Waals surface area contributed by atoms with Crippen LogP contribution in [0.25, 0.3) is 0 Å². The zero-order chi connectivity index (χ0) is 14.9. The van der Waals surface area contributed by atoms with Crippen LogP contribution in [0, 0.1) is 24.0 Å². The fourth-order valence-electron chi connectivity index (χ4n) is 2.78.